The summed E-state index contributed by atoms with van der Waals surface area (Å²) < 4.78 is 10.1. The highest BCUT2D eigenvalue weighted by molar-refractivity contribution is 7.14. The number of thiazole rings is 1. The van der Waals surface area contributed by atoms with Crippen LogP contribution in [0.4, 0.5) is 5.13 Å². The van der Waals surface area contributed by atoms with Crippen molar-refractivity contribution in [1.82, 2.24) is 10.3 Å². The summed E-state index contributed by atoms with van der Waals surface area (Å²) in [7, 11) is 0. The zero-order valence-electron chi connectivity index (χ0n) is 11.9. The standard InChI is InChI=1S/C15H13N3O4S/c19-13(16-8-11-3-1-5-21-11)7-10-9-23-15(17-10)18-14(20)12-4-2-6-22-12/h1-6,9H,7-8H2,(H,16,19)(H,17,18,20). The zero-order chi connectivity index (χ0) is 16.1. The Hall–Kier alpha value is -2.87. The Bertz CT molecular complexity index is 778. The third kappa shape index (κ3) is 4.07. The first-order chi connectivity index (χ1) is 11.2. The van der Waals surface area contributed by atoms with Gasteiger partial charge in [-0.1, -0.05) is 0 Å². The minimum Gasteiger partial charge on any atom is -0.467 e. The van der Waals surface area contributed by atoms with Crippen LogP contribution in [-0.4, -0.2) is 16.8 Å². The number of hydrogen-bond acceptors (Lipinski definition) is 6. The first-order valence-electron chi connectivity index (χ1n) is 6.79. The average Bonchev–Trinajstić information content (AvgIpc) is 3.28. The molecule has 0 atom stereocenters. The number of anilines is 1. The number of carbonyl (C=O) groups is 2. The Morgan fingerprint density at radius 3 is 2.74 bits per heavy atom. The van der Waals surface area contributed by atoms with Gasteiger partial charge in [0, 0.05) is 5.38 Å². The van der Waals surface area contributed by atoms with Crippen molar-refractivity contribution < 1.29 is 18.4 Å². The maximum atomic E-state index is 11.8. The van der Waals surface area contributed by atoms with E-state index in [1.807, 2.05) is 0 Å². The van der Waals surface area contributed by atoms with Crippen molar-refractivity contribution in [3.8, 4) is 0 Å². The molecule has 0 aliphatic carbocycles. The molecule has 23 heavy (non-hydrogen) atoms. The largest absolute Gasteiger partial charge is 0.467 e. The second-order valence-corrected chi connectivity index (χ2v) is 5.47. The Morgan fingerprint density at radius 1 is 1.17 bits per heavy atom. The van der Waals surface area contributed by atoms with Gasteiger partial charge in [0.15, 0.2) is 10.9 Å². The first kappa shape index (κ1) is 15.0. The molecule has 0 aliphatic rings. The maximum absolute atomic E-state index is 11.8. The molecule has 3 aromatic rings. The molecular formula is C15H13N3O4S. The lowest BCUT2D eigenvalue weighted by atomic mass is 10.3. The fourth-order valence-corrected chi connectivity index (χ4v) is 2.54. The fourth-order valence-electron chi connectivity index (χ4n) is 1.84. The van der Waals surface area contributed by atoms with Crippen molar-refractivity contribution in [2.24, 2.45) is 0 Å². The monoisotopic (exact) mass is 331 g/mol. The summed E-state index contributed by atoms with van der Waals surface area (Å²) in [4.78, 5) is 27.9. The van der Waals surface area contributed by atoms with Crippen LogP contribution >= 0.6 is 11.3 Å². The van der Waals surface area contributed by atoms with E-state index in [-0.39, 0.29) is 24.0 Å². The molecule has 0 saturated carbocycles. The highest BCUT2D eigenvalue weighted by Gasteiger charge is 2.12. The topological polar surface area (TPSA) is 97.4 Å². The molecule has 7 nitrogen and oxygen atoms in total. The summed E-state index contributed by atoms with van der Waals surface area (Å²) in [6.07, 6.45) is 3.11. The van der Waals surface area contributed by atoms with Crippen molar-refractivity contribution in [2.75, 3.05) is 5.32 Å². The van der Waals surface area contributed by atoms with Crippen LogP contribution in [-0.2, 0) is 17.8 Å². The molecule has 0 radical (unpaired) electrons. The summed E-state index contributed by atoms with van der Waals surface area (Å²) >= 11 is 1.25. The van der Waals surface area contributed by atoms with Crippen LogP contribution in [0.5, 0.6) is 0 Å². The van der Waals surface area contributed by atoms with Crippen LogP contribution < -0.4 is 10.6 Å². The van der Waals surface area contributed by atoms with Gasteiger partial charge in [-0.25, -0.2) is 4.98 Å². The summed E-state index contributed by atoms with van der Waals surface area (Å²) in [5.74, 6) is 0.342. The Kier molecular flexibility index (Phi) is 4.53. The molecule has 0 fully saturated rings. The number of nitrogens with zero attached hydrogens (tertiary/aromatic N) is 1. The van der Waals surface area contributed by atoms with Gasteiger partial charge in [0.05, 0.1) is 31.2 Å². The summed E-state index contributed by atoms with van der Waals surface area (Å²) in [5.41, 5.74) is 0.585. The SMILES string of the molecule is O=C(Cc1csc(NC(=O)c2ccco2)n1)NCc1ccco1. The minimum absolute atomic E-state index is 0.133. The van der Waals surface area contributed by atoms with E-state index in [0.29, 0.717) is 23.1 Å². The van der Waals surface area contributed by atoms with Crippen molar-refractivity contribution >= 4 is 28.3 Å². The van der Waals surface area contributed by atoms with Gasteiger partial charge in [-0.05, 0) is 24.3 Å². The van der Waals surface area contributed by atoms with Gasteiger partial charge in [0.25, 0.3) is 5.91 Å². The number of rotatable bonds is 6. The lowest BCUT2D eigenvalue weighted by Crippen LogP contribution is -2.24. The molecule has 0 aliphatic heterocycles. The third-order valence-electron chi connectivity index (χ3n) is 2.90. The number of carbonyl (C=O) groups excluding carboxylic acids is 2. The summed E-state index contributed by atoms with van der Waals surface area (Å²) in [5, 5.41) is 7.50. The van der Waals surface area contributed by atoms with E-state index in [2.05, 4.69) is 15.6 Å². The highest BCUT2D eigenvalue weighted by atomic mass is 32.1. The molecule has 0 aromatic carbocycles. The molecule has 0 spiro atoms. The Balaban J connectivity index is 1.50. The van der Waals surface area contributed by atoms with E-state index in [9.17, 15) is 9.59 Å². The van der Waals surface area contributed by atoms with Crippen LogP contribution in [0.25, 0.3) is 0 Å². The molecule has 8 heteroatoms. The second kappa shape index (κ2) is 6.93. The first-order valence-corrected chi connectivity index (χ1v) is 7.67. The van der Waals surface area contributed by atoms with Crippen LogP contribution in [0.15, 0.2) is 51.0 Å². The molecule has 2 amide bonds. The van der Waals surface area contributed by atoms with Crippen molar-refractivity contribution in [2.45, 2.75) is 13.0 Å². The molecule has 3 aromatic heterocycles. The smallest absolute Gasteiger partial charge is 0.293 e. The normalized spacial score (nSPS) is 10.4. The van der Waals surface area contributed by atoms with E-state index in [1.165, 1.54) is 17.6 Å². The number of furan rings is 2. The minimum atomic E-state index is -0.377. The molecule has 0 unspecified atom stereocenters. The van der Waals surface area contributed by atoms with E-state index in [0.717, 1.165) is 0 Å². The van der Waals surface area contributed by atoms with Gasteiger partial charge in [-0.2, -0.15) is 0 Å². The molecular weight excluding hydrogens is 318 g/mol. The summed E-state index contributed by atoms with van der Waals surface area (Å²) in [6.45, 7) is 0.331. The van der Waals surface area contributed by atoms with Crippen LogP contribution in [0.2, 0.25) is 0 Å². The van der Waals surface area contributed by atoms with Gasteiger partial charge in [-0.15, -0.1) is 11.3 Å². The van der Waals surface area contributed by atoms with E-state index in [1.54, 1.807) is 35.9 Å². The van der Waals surface area contributed by atoms with Crippen molar-refractivity contribution in [3.63, 3.8) is 0 Å². The van der Waals surface area contributed by atoms with Crippen molar-refractivity contribution in [1.29, 1.82) is 0 Å². The third-order valence-corrected chi connectivity index (χ3v) is 3.71. The highest BCUT2D eigenvalue weighted by Crippen LogP contribution is 2.17. The zero-order valence-corrected chi connectivity index (χ0v) is 12.8. The lowest BCUT2D eigenvalue weighted by Gasteiger charge is -2.01. The molecule has 3 rings (SSSR count). The molecule has 2 N–H and O–H groups in total. The van der Waals surface area contributed by atoms with Gasteiger partial charge < -0.3 is 14.2 Å². The predicted molar refractivity (Wildman–Crippen MR) is 83.0 cm³/mol. The maximum Gasteiger partial charge on any atom is 0.293 e. The van der Waals surface area contributed by atoms with Gasteiger partial charge in [0.1, 0.15) is 5.76 Å². The average molecular weight is 331 g/mol. The molecule has 0 saturated heterocycles. The van der Waals surface area contributed by atoms with Crippen molar-refractivity contribution in [3.05, 3.63) is 59.4 Å². The quantitative estimate of drug-likeness (QED) is 0.723. The predicted octanol–water partition coefficient (Wildman–Crippen LogP) is 2.44. The molecule has 118 valence electrons. The Morgan fingerprint density at radius 2 is 2.00 bits per heavy atom. The number of nitrogens with one attached hydrogen (secondary N) is 2. The van der Waals surface area contributed by atoms with E-state index < -0.39 is 0 Å². The summed E-state index contributed by atoms with van der Waals surface area (Å²) in [6, 6.07) is 6.73. The Labute approximate surface area is 135 Å². The van der Waals surface area contributed by atoms with Gasteiger partial charge in [0.2, 0.25) is 5.91 Å². The number of amides is 2. The molecule has 0 bridgehead atoms. The molecule has 3 heterocycles. The lowest BCUT2D eigenvalue weighted by molar-refractivity contribution is -0.120. The number of hydrogen-bond donors (Lipinski definition) is 2. The van der Waals surface area contributed by atoms with Crippen LogP contribution in [0.1, 0.15) is 22.0 Å². The number of aromatic nitrogens is 1. The van der Waals surface area contributed by atoms with Gasteiger partial charge >= 0.3 is 0 Å². The second-order valence-electron chi connectivity index (χ2n) is 4.61. The van der Waals surface area contributed by atoms with E-state index >= 15 is 0 Å². The van der Waals surface area contributed by atoms with Crippen LogP contribution in [0.3, 0.4) is 0 Å². The fraction of sp³-hybridized carbons (Fsp3) is 0.133. The van der Waals surface area contributed by atoms with E-state index in [4.69, 9.17) is 8.83 Å². The van der Waals surface area contributed by atoms with Gasteiger partial charge in [-0.3, -0.25) is 14.9 Å². The van der Waals surface area contributed by atoms with Crippen LogP contribution in [0, 0.1) is 0 Å².